The third-order valence-electron chi connectivity index (χ3n) is 4.05. The molecule has 0 spiro atoms. The molecule has 0 fully saturated rings. The van der Waals surface area contributed by atoms with Crippen LogP contribution < -0.4 is 0 Å². The summed E-state index contributed by atoms with van der Waals surface area (Å²) in [5, 5.41) is 5.27. The maximum Gasteiger partial charge on any atom is 0.00705 e. The van der Waals surface area contributed by atoms with E-state index in [4.69, 9.17) is 18.6 Å². The number of hydrogen-bond donors (Lipinski definition) is 0. The zero-order chi connectivity index (χ0) is 18.2. The molecular formula is C22H17Cl2NTi-2. The van der Waals surface area contributed by atoms with Crippen LogP contribution in [-0.2, 0) is 17.0 Å². The Labute approximate surface area is 170 Å². The molecule has 26 heavy (non-hydrogen) atoms. The molecular weight excluding hydrogens is 397 g/mol. The first-order valence-electron chi connectivity index (χ1n) is 8.17. The summed E-state index contributed by atoms with van der Waals surface area (Å²) in [6.07, 6.45) is 4.13. The van der Waals surface area contributed by atoms with E-state index in [1.54, 1.807) is 0 Å². The number of hydrogen-bond acceptors (Lipinski definition) is 0. The van der Waals surface area contributed by atoms with Crippen LogP contribution in [0.1, 0.15) is 0 Å². The van der Waals surface area contributed by atoms with E-state index in [0.29, 0.717) is 0 Å². The minimum atomic E-state index is -0.556. The fourth-order valence-electron chi connectivity index (χ4n) is 2.86. The topological polar surface area (TPSA) is 4.93 Å². The van der Waals surface area contributed by atoms with Gasteiger partial charge in [0.1, 0.15) is 0 Å². The minimum Gasteiger partial charge on any atom is -0.342 e. The zero-order valence-electron chi connectivity index (χ0n) is 14.0. The Bertz CT molecular complexity index is 981. The molecule has 0 N–H and O–H groups in total. The molecule has 0 atom stereocenters. The third-order valence-corrected chi connectivity index (χ3v) is 4.05. The maximum absolute atomic E-state index is 4.89. The maximum atomic E-state index is 4.89. The molecule has 0 amide bonds. The van der Waals surface area contributed by atoms with E-state index < -0.39 is 17.0 Å². The summed E-state index contributed by atoms with van der Waals surface area (Å²) in [4.78, 5) is 0. The van der Waals surface area contributed by atoms with Gasteiger partial charge in [0.15, 0.2) is 0 Å². The van der Waals surface area contributed by atoms with Gasteiger partial charge in [-0.15, -0.1) is 70.8 Å². The summed E-state index contributed by atoms with van der Waals surface area (Å²) >= 11 is -0.556. The first-order valence-corrected chi connectivity index (χ1v) is 12.5. The van der Waals surface area contributed by atoms with Crippen LogP contribution >= 0.6 is 18.6 Å². The van der Waals surface area contributed by atoms with Crippen molar-refractivity contribution in [3.05, 3.63) is 103 Å². The molecule has 4 heteroatoms. The first kappa shape index (κ1) is 19.0. The first-order chi connectivity index (χ1) is 12.8. The van der Waals surface area contributed by atoms with Crippen LogP contribution in [0, 0.1) is 0 Å². The van der Waals surface area contributed by atoms with E-state index in [1.165, 1.54) is 27.2 Å². The monoisotopic (exact) mass is 413 g/mol. The number of nitrogens with zero attached hydrogens (tertiary/aromatic N) is 1. The van der Waals surface area contributed by atoms with Crippen molar-refractivity contribution in [2.24, 2.45) is 0 Å². The number of fused-ring (bicyclic) bond motifs is 2. The van der Waals surface area contributed by atoms with Crippen molar-refractivity contribution in [3.8, 4) is 5.69 Å². The standard InChI is InChI=1S/C13H10N.C9H7.2ClH.Ti/c1-2-6-12-10-13(9-11(12)5-1)14-7-3-4-8-14;1-2-5-9-7-3-6-8(9)4-1;;;/h1-10H;1-7H;2*1H;/q2*-1;;;+2/p-2. The molecule has 0 aliphatic heterocycles. The van der Waals surface area contributed by atoms with Crippen molar-refractivity contribution >= 4 is 40.2 Å². The Morgan fingerprint density at radius 2 is 1.35 bits per heavy atom. The van der Waals surface area contributed by atoms with E-state index >= 15 is 0 Å². The summed E-state index contributed by atoms with van der Waals surface area (Å²) in [5.74, 6) is 0. The molecule has 0 aliphatic rings. The van der Waals surface area contributed by atoms with Gasteiger partial charge in [-0.1, -0.05) is 12.1 Å². The fourth-order valence-corrected chi connectivity index (χ4v) is 2.86. The van der Waals surface area contributed by atoms with E-state index in [-0.39, 0.29) is 0 Å². The van der Waals surface area contributed by atoms with Gasteiger partial charge >= 0.3 is 35.6 Å². The number of halogens is 2. The fraction of sp³-hybridized carbons (Fsp3) is 0. The van der Waals surface area contributed by atoms with Gasteiger partial charge in [-0.05, 0) is 17.8 Å². The molecule has 0 bridgehead atoms. The van der Waals surface area contributed by atoms with Gasteiger partial charge in [0.05, 0.1) is 0 Å². The summed E-state index contributed by atoms with van der Waals surface area (Å²) < 4.78 is 2.12. The quantitative estimate of drug-likeness (QED) is 0.201. The summed E-state index contributed by atoms with van der Waals surface area (Å²) in [6, 6.07) is 31.6. The average molecular weight is 414 g/mol. The van der Waals surface area contributed by atoms with Crippen molar-refractivity contribution in [2.45, 2.75) is 0 Å². The molecule has 1 heterocycles. The van der Waals surface area contributed by atoms with Gasteiger partial charge in [0.2, 0.25) is 0 Å². The largest absolute Gasteiger partial charge is 0.342 e. The van der Waals surface area contributed by atoms with Crippen LogP contribution in [0.4, 0.5) is 0 Å². The van der Waals surface area contributed by atoms with Gasteiger partial charge < -0.3 is 4.57 Å². The van der Waals surface area contributed by atoms with E-state index in [2.05, 4.69) is 95.8 Å². The van der Waals surface area contributed by atoms with Crippen molar-refractivity contribution in [1.29, 1.82) is 0 Å². The van der Waals surface area contributed by atoms with Crippen LogP contribution in [0.5, 0.6) is 0 Å². The minimum absolute atomic E-state index is 0.556. The normalized spacial score (nSPS) is 9.92. The zero-order valence-corrected chi connectivity index (χ0v) is 17.1. The van der Waals surface area contributed by atoms with E-state index in [0.717, 1.165) is 0 Å². The predicted octanol–water partition coefficient (Wildman–Crippen LogP) is 7.28. The number of rotatable bonds is 1. The second-order valence-corrected chi connectivity index (χ2v) is 8.24. The van der Waals surface area contributed by atoms with Crippen LogP contribution in [0.25, 0.3) is 27.2 Å². The number of benzene rings is 2. The molecule has 0 saturated carbocycles. The molecule has 4 aromatic carbocycles. The van der Waals surface area contributed by atoms with Gasteiger partial charge in [0, 0.05) is 12.4 Å². The molecule has 0 unspecified atom stereocenters. The van der Waals surface area contributed by atoms with E-state index in [9.17, 15) is 0 Å². The Kier molecular flexibility index (Phi) is 7.17. The number of aromatic nitrogens is 1. The molecule has 5 rings (SSSR count). The molecule has 1 nitrogen and oxygen atoms in total. The van der Waals surface area contributed by atoms with Crippen molar-refractivity contribution < 1.29 is 17.0 Å². The summed E-state index contributed by atoms with van der Waals surface area (Å²) in [6.45, 7) is 0. The third kappa shape index (κ3) is 4.90. The second-order valence-electron chi connectivity index (χ2n) is 5.66. The van der Waals surface area contributed by atoms with Crippen LogP contribution in [0.2, 0.25) is 0 Å². The average Bonchev–Trinajstić information content (AvgIpc) is 3.41. The van der Waals surface area contributed by atoms with Crippen molar-refractivity contribution in [1.82, 2.24) is 4.57 Å². The van der Waals surface area contributed by atoms with Gasteiger partial charge in [0.25, 0.3) is 0 Å². The van der Waals surface area contributed by atoms with Gasteiger partial charge in [-0.3, -0.25) is 0 Å². The second kappa shape index (κ2) is 9.80. The van der Waals surface area contributed by atoms with E-state index in [1.807, 2.05) is 12.1 Å². The summed E-state index contributed by atoms with van der Waals surface area (Å²) in [7, 11) is 9.78. The van der Waals surface area contributed by atoms with Gasteiger partial charge in [-0.2, -0.15) is 17.5 Å². The molecule has 0 aliphatic carbocycles. The Morgan fingerprint density at radius 3 is 2.00 bits per heavy atom. The van der Waals surface area contributed by atoms with Crippen LogP contribution in [0.15, 0.2) is 103 Å². The molecule has 130 valence electrons. The summed E-state index contributed by atoms with van der Waals surface area (Å²) in [5.41, 5.74) is 1.23. The van der Waals surface area contributed by atoms with Crippen LogP contribution in [0.3, 0.4) is 0 Å². The Morgan fingerprint density at radius 1 is 0.731 bits per heavy atom. The van der Waals surface area contributed by atoms with Gasteiger partial charge in [-0.25, -0.2) is 0 Å². The molecule has 1 aromatic heterocycles. The Balaban J connectivity index is 0.000000141. The smallest absolute Gasteiger partial charge is 0.00705 e. The molecule has 5 aromatic rings. The van der Waals surface area contributed by atoms with Crippen molar-refractivity contribution in [3.63, 3.8) is 0 Å². The van der Waals surface area contributed by atoms with Crippen LogP contribution in [-0.4, -0.2) is 4.57 Å². The predicted molar refractivity (Wildman–Crippen MR) is 110 cm³/mol. The molecule has 0 radical (unpaired) electrons. The van der Waals surface area contributed by atoms with Crippen molar-refractivity contribution in [2.75, 3.05) is 0 Å². The molecule has 0 saturated heterocycles. The SMILES string of the molecule is [Cl][Ti][Cl].c1ccc2[cH-]c(-n3cccc3)cc2c1.c1ccc2[cH-]ccc2c1. The Hall–Kier alpha value is -1.77.